The van der Waals surface area contributed by atoms with Crippen molar-refractivity contribution in [1.82, 2.24) is 5.32 Å². The van der Waals surface area contributed by atoms with Gasteiger partial charge in [-0.2, -0.15) is 0 Å². The summed E-state index contributed by atoms with van der Waals surface area (Å²) in [5, 5.41) is 2.88. The summed E-state index contributed by atoms with van der Waals surface area (Å²) in [5.74, 6) is 0.806. The van der Waals surface area contributed by atoms with Crippen molar-refractivity contribution >= 4 is 18.7 Å². The van der Waals surface area contributed by atoms with Gasteiger partial charge in [-0.1, -0.05) is 12.1 Å². The molecule has 1 aliphatic heterocycles. The maximum atomic E-state index is 11.8. The predicted molar refractivity (Wildman–Crippen MR) is 109 cm³/mol. The Morgan fingerprint density at radius 3 is 2.11 bits per heavy atom. The Kier molecular flexibility index (Phi) is 5.45. The first-order valence-electron chi connectivity index (χ1n) is 9.96. The fourth-order valence-corrected chi connectivity index (χ4v) is 3.13. The second-order valence-corrected chi connectivity index (χ2v) is 9.71. The highest BCUT2D eigenvalue weighted by atomic mass is 16.7. The number of carbonyl (C=O) groups is 1. The van der Waals surface area contributed by atoms with Crippen LogP contribution in [0.4, 0.5) is 4.79 Å². The summed E-state index contributed by atoms with van der Waals surface area (Å²) in [6, 6.07) is 7.94. The molecule has 0 radical (unpaired) electrons. The van der Waals surface area contributed by atoms with Crippen LogP contribution in [0.15, 0.2) is 24.3 Å². The van der Waals surface area contributed by atoms with Crippen LogP contribution >= 0.6 is 0 Å². The predicted octanol–water partition coefficient (Wildman–Crippen LogP) is 3.42. The first-order chi connectivity index (χ1) is 12.8. The SMILES string of the molecule is CC(C)(C)OC(=O)N[C@H]1C[C@H](Oc2ccc(B3OC(C)(C)C(C)(C)O3)cc2)C1. The van der Waals surface area contributed by atoms with E-state index in [0.29, 0.717) is 0 Å². The summed E-state index contributed by atoms with van der Waals surface area (Å²) < 4.78 is 23.4. The maximum absolute atomic E-state index is 11.8. The zero-order valence-corrected chi connectivity index (χ0v) is 18.0. The molecule has 0 unspecified atom stereocenters. The third-order valence-electron chi connectivity index (χ3n) is 5.52. The smallest absolute Gasteiger partial charge is 0.490 e. The summed E-state index contributed by atoms with van der Waals surface area (Å²) in [7, 11) is -0.370. The second kappa shape index (κ2) is 7.27. The van der Waals surface area contributed by atoms with Crippen molar-refractivity contribution in [2.24, 2.45) is 0 Å². The molecule has 0 bridgehead atoms. The summed E-state index contributed by atoms with van der Waals surface area (Å²) in [6.07, 6.45) is 1.28. The first-order valence-corrected chi connectivity index (χ1v) is 9.96. The molecule has 0 aromatic heterocycles. The van der Waals surface area contributed by atoms with Crippen LogP contribution in [0.5, 0.6) is 5.75 Å². The molecule has 1 aromatic carbocycles. The number of ether oxygens (including phenoxy) is 2. The van der Waals surface area contributed by atoms with Crippen molar-refractivity contribution in [2.75, 3.05) is 0 Å². The fraction of sp³-hybridized carbons (Fsp3) is 0.667. The van der Waals surface area contributed by atoms with E-state index in [4.69, 9.17) is 18.8 Å². The van der Waals surface area contributed by atoms with Crippen LogP contribution in [0, 0.1) is 0 Å². The van der Waals surface area contributed by atoms with Gasteiger partial charge in [0.2, 0.25) is 0 Å². The molecule has 2 fully saturated rings. The van der Waals surface area contributed by atoms with E-state index in [9.17, 15) is 4.79 Å². The molecule has 1 heterocycles. The lowest BCUT2D eigenvalue weighted by atomic mass is 9.79. The molecule has 3 rings (SSSR count). The normalized spacial score (nSPS) is 25.8. The largest absolute Gasteiger partial charge is 0.494 e. The van der Waals surface area contributed by atoms with E-state index in [1.165, 1.54) is 0 Å². The molecule has 28 heavy (non-hydrogen) atoms. The minimum absolute atomic E-state index is 0.0997. The molecule has 1 aromatic rings. The van der Waals surface area contributed by atoms with E-state index in [1.807, 2.05) is 72.7 Å². The molecule has 6 nitrogen and oxygen atoms in total. The lowest BCUT2D eigenvalue weighted by Crippen LogP contribution is -2.50. The Morgan fingerprint density at radius 1 is 1.07 bits per heavy atom. The summed E-state index contributed by atoms with van der Waals surface area (Å²) >= 11 is 0. The van der Waals surface area contributed by atoms with Gasteiger partial charge in [-0.15, -0.1) is 0 Å². The topological polar surface area (TPSA) is 66.0 Å². The highest BCUT2D eigenvalue weighted by molar-refractivity contribution is 6.62. The third-order valence-corrected chi connectivity index (χ3v) is 5.52. The highest BCUT2D eigenvalue weighted by Crippen LogP contribution is 2.36. The van der Waals surface area contributed by atoms with Gasteiger partial charge >= 0.3 is 13.2 Å². The number of alkyl carbamates (subject to hydrolysis) is 1. The minimum atomic E-state index is -0.483. The van der Waals surface area contributed by atoms with Crippen molar-refractivity contribution in [1.29, 1.82) is 0 Å². The molecule has 1 saturated heterocycles. The van der Waals surface area contributed by atoms with Crippen molar-refractivity contribution in [3.05, 3.63) is 24.3 Å². The van der Waals surface area contributed by atoms with Crippen molar-refractivity contribution in [3.8, 4) is 5.75 Å². The van der Waals surface area contributed by atoms with E-state index < -0.39 is 5.60 Å². The quantitative estimate of drug-likeness (QED) is 0.800. The van der Waals surface area contributed by atoms with Crippen molar-refractivity contribution < 1.29 is 23.6 Å². The van der Waals surface area contributed by atoms with Crippen LogP contribution in [0.3, 0.4) is 0 Å². The zero-order valence-electron chi connectivity index (χ0n) is 18.0. The van der Waals surface area contributed by atoms with Crippen LogP contribution in [0.2, 0.25) is 0 Å². The number of benzene rings is 1. The van der Waals surface area contributed by atoms with Crippen LogP contribution in [0.25, 0.3) is 0 Å². The number of hydrogen-bond donors (Lipinski definition) is 1. The van der Waals surface area contributed by atoms with Gasteiger partial charge in [0.1, 0.15) is 17.5 Å². The average Bonchev–Trinajstić information content (AvgIpc) is 2.72. The lowest BCUT2D eigenvalue weighted by Gasteiger charge is -2.36. The summed E-state index contributed by atoms with van der Waals surface area (Å²) in [5.41, 5.74) is -0.212. The summed E-state index contributed by atoms with van der Waals surface area (Å²) in [4.78, 5) is 11.8. The fourth-order valence-electron chi connectivity index (χ4n) is 3.13. The van der Waals surface area contributed by atoms with Crippen LogP contribution < -0.4 is 15.5 Å². The molecular formula is C21H32BNO5. The van der Waals surface area contributed by atoms with Crippen LogP contribution in [0.1, 0.15) is 61.3 Å². The number of nitrogens with one attached hydrogen (secondary N) is 1. The van der Waals surface area contributed by atoms with Gasteiger partial charge in [-0.25, -0.2) is 4.79 Å². The van der Waals surface area contributed by atoms with Crippen molar-refractivity contribution in [3.63, 3.8) is 0 Å². The van der Waals surface area contributed by atoms with E-state index in [2.05, 4.69) is 5.32 Å². The maximum Gasteiger partial charge on any atom is 0.494 e. The number of amides is 1. The molecule has 1 aliphatic carbocycles. The van der Waals surface area contributed by atoms with Gasteiger partial charge in [0.05, 0.1) is 11.2 Å². The zero-order chi connectivity index (χ0) is 20.7. The Balaban J connectivity index is 1.46. The Hall–Kier alpha value is -1.73. The van der Waals surface area contributed by atoms with Gasteiger partial charge in [0.25, 0.3) is 0 Å². The monoisotopic (exact) mass is 389 g/mol. The van der Waals surface area contributed by atoms with Gasteiger partial charge in [-0.3, -0.25) is 0 Å². The first kappa shape index (κ1) is 21.0. The van der Waals surface area contributed by atoms with E-state index >= 15 is 0 Å². The number of rotatable bonds is 4. The van der Waals surface area contributed by atoms with E-state index in [-0.39, 0.29) is 36.6 Å². The second-order valence-electron chi connectivity index (χ2n) is 9.71. The van der Waals surface area contributed by atoms with Gasteiger partial charge in [0.15, 0.2) is 0 Å². The molecule has 154 valence electrons. The van der Waals surface area contributed by atoms with Gasteiger partial charge in [0, 0.05) is 18.9 Å². The molecule has 7 heteroatoms. The number of carbonyl (C=O) groups excluding carboxylic acids is 1. The molecule has 1 N–H and O–H groups in total. The van der Waals surface area contributed by atoms with Gasteiger partial charge < -0.3 is 24.1 Å². The standard InChI is InChI=1S/C21H32BNO5/c1-19(2,3)26-18(24)23-15-12-17(13-15)25-16-10-8-14(9-11-16)22-27-20(4,5)21(6,7)28-22/h8-11,15,17H,12-13H2,1-7H3,(H,23,24)/t15-,17-. The van der Waals surface area contributed by atoms with Gasteiger partial charge in [-0.05, 0) is 66.1 Å². The molecule has 0 atom stereocenters. The Labute approximate surface area is 168 Å². The highest BCUT2D eigenvalue weighted by Gasteiger charge is 2.51. The molecule has 1 saturated carbocycles. The van der Waals surface area contributed by atoms with Crippen LogP contribution in [-0.2, 0) is 14.0 Å². The van der Waals surface area contributed by atoms with Crippen molar-refractivity contribution in [2.45, 2.75) is 90.3 Å². The average molecular weight is 389 g/mol. The molecule has 2 aliphatic rings. The Morgan fingerprint density at radius 2 is 1.61 bits per heavy atom. The molecular weight excluding hydrogens is 357 g/mol. The minimum Gasteiger partial charge on any atom is -0.490 e. The lowest BCUT2D eigenvalue weighted by molar-refractivity contribution is 0.00578. The Bertz CT molecular complexity index is 689. The number of hydrogen-bond acceptors (Lipinski definition) is 5. The van der Waals surface area contributed by atoms with E-state index in [1.54, 1.807) is 0 Å². The van der Waals surface area contributed by atoms with Crippen LogP contribution in [-0.4, -0.2) is 42.2 Å². The summed E-state index contributed by atoms with van der Waals surface area (Å²) in [6.45, 7) is 13.7. The molecule has 1 amide bonds. The molecule has 0 spiro atoms. The van der Waals surface area contributed by atoms with E-state index in [0.717, 1.165) is 24.1 Å². The third kappa shape index (κ3) is 4.81.